The Bertz CT molecular complexity index is 370. The summed E-state index contributed by atoms with van der Waals surface area (Å²) in [5.74, 6) is 1.71. The maximum atomic E-state index is 2.57. The zero-order valence-corrected chi connectivity index (χ0v) is 12.5. The van der Waals surface area contributed by atoms with Crippen molar-refractivity contribution in [3.63, 3.8) is 0 Å². The van der Waals surface area contributed by atoms with Gasteiger partial charge in [0.15, 0.2) is 0 Å². The van der Waals surface area contributed by atoms with Crippen LogP contribution < -0.4 is 0 Å². The highest BCUT2D eigenvalue weighted by Gasteiger charge is 2.19. The summed E-state index contributed by atoms with van der Waals surface area (Å²) < 4.78 is 0. The molecule has 0 heterocycles. The Hall–Kier alpha value is -0.780. The van der Waals surface area contributed by atoms with Crippen molar-refractivity contribution in [1.29, 1.82) is 0 Å². The second kappa shape index (κ2) is 6.11. The van der Waals surface area contributed by atoms with E-state index in [2.05, 4.69) is 25.1 Å². The number of hydrogen-bond acceptors (Lipinski definition) is 0. The summed E-state index contributed by atoms with van der Waals surface area (Å²) in [6, 6.07) is 7.49. The first-order valence-electron chi connectivity index (χ1n) is 8.44. The molecule has 2 aliphatic carbocycles. The molecule has 1 aromatic carbocycles. The molecule has 0 unspecified atom stereocenters. The zero-order valence-electron chi connectivity index (χ0n) is 12.5. The van der Waals surface area contributed by atoms with Crippen molar-refractivity contribution in [2.45, 2.75) is 83.0 Å². The average Bonchev–Trinajstić information content (AvgIpc) is 2.48. The van der Waals surface area contributed by atoms with Crippen LogP contribution in [0.3, 0.4) is 0 Å². The molecule has 0 aliphatic heterocycles. The number of hydrogen-bond donors (Lipinski definition) is 0. The van der Waals surface area contributed by atoms with Crippen molar-refractivity contribution in [1.82, 2.24) is 0 Å². The number of benzene rings is 1. The Balaban J connectivity index is 1.82. The lowest BCUT2D eigenvalue weighted by Crippen LogP contribution is -2.08. The van der Waals surface area contributed by atoms with E-state index in [9.17, 15) is 0 Å². The fraction of sp³-hybridized carbons (Fsp3) is 0.684. The van der Waals surface area contributed by atoms with Crippen molar-refractivity contribution < 1.29 is 0 Å². The third kappa shape index (κ3) is 3.22. The van der Waals surface area contributed by atoms with Crippen LogP contribution in [-0.2, 0) is 0 Å². The van der Waals surface area contributed by atoms with Crippen LogP contribution in [-0.4, -0.2) is 0 Å². The quantitative estimate of drug-likeness (QED) is 0.600. The van der Waals surface area contributed by atoms with Gasteiger partial charge in [-0.2, -0.15) is 0 Å². The molecule has 0 spiro atoms. The topological polar surface area (TPSA) is 0 Å². The zero-order chi connectivity index (χ0) is 13.1. The van der Waals surface area contributed by atoms with Crippen LogP contribution in [0.1, 0.15) is 92.7 Å². The fourth-order valence-electron chi connectivity index (χ4n) is 4.19. The van der Waals surface area contributed by atoms with Crippen LogP contribution in [0.15, 0.2) is 18.2 Å². The molecule has 0 radical (unpaired) electrons. The largest absolute Gasteiger partial charge is 0.0558 e. The van der Waals surface area contributed by atoms with Gasteiger partial charge in [0.2, 0.25) is 0 Å². The second-order valence-corrected chi connectivity index (χ2v) is 6.85. The molecule has 19 heavy (non-hydrogen) atoms. The van der Waals surface area contributed by atoms with Crippen LogP contribution in [0.5, 0.6) is 0 Å². The Labute approximate surface area is 118 Å². The van der Waals surface area contributed by atoms with E-state index < -0.39 is 0 Å². The molecule has 0 atom stereocenters. The Morgan fingerprint density at radius 1 is 0.632 bits per heavy atom. The van der Waals surface area contributed by atoms with Crippen molar-refractivity contribution in [2.24, 2.45) is 0 Å². The van der Waals surface area contributed by atoms with Crippen LogP contribution in [0.4, 0.5) is 0 Å². The molecule has 2 fully saturated rings. The number of aryl methyl sites for hydroxylation is 1. The predicted molar refractivity (Wildman–Crippen MR) is 82.8 cm³/mol. The first-order valence-corrected chi connectivity index (χ1v) is 8.44. The summed E-state index contributed by atoms with van der Waals surface area (Å²) in [5.41, 5.74) is 4.80. The first-order chi connectivity index (χ1) is 9.33. The van der Waals surface area contributed by atoms with Gasteiger partial charge >= 0.3 is 0 Å². The van der Waals surface area contributed by atoms with Crippen molar-refractivity contribution in [3.05, 3.63) is 34.9 Å². The molecule has 0 aromatic heterocycles. The van der Waals surface area contributed by atoms with Gasteiger partial charge in [-0.25, -0.2) is 0 Å². The van der Waals surface area contributed by atoms with Gasteiger partial charge in [-0.05, 0) is 55.6 Å². The van der Waals surface area contributed by atoms with Gasteiger partial charge in [-0.1, -0.05) is 62.3 Å². The van der Waals surface area contributed by atoms with E-state index in [0.29, 0.717) is 0 Å². The van der Waals surface area contributed by atoms with Gasteiger partial charge in [-0.3, -0.25) is 0 Å². The summed E-state index contributed by atoms with van der Waals surface area (Å²) in [6.07, 6.45) is 14.4. The summed E-state index contributed by atoms with van der Waals surface area (Å²) >= 11 is 0. The standard InChI is InChI=1S/C19H28/c1-15-12-18(16-8-4-2-5-9-16)14-19(13-15)17-10-6-3-7-11-17/h12-14,16-17H,2-11H2,1H3. The highest BCUT2D eigenvalue weighted by atomic mass is 14.2. The molecule has 2 saturated carbocycles. The highest BCUT2D eigenvalue weighted by molar-refractivity contribution is 5.34. The molecule has 104 valence electrons. The molecule has 2 aliphatic rings. The Morgan fingerprint density at radius 3 is 1.47 bits per heavy atom. The number of rotatable bonds is 2. The van der Waals surface area contributed by atoms with E-state index in [4.69, 9.17) is 0 Å². The molecule has 0 amide bonds. The molecule has 0 bridgehead atoms. The Kier molecular flexibility index (Phi) is 4.25. The van der Waals surface area contributed by atoms with E-state index in [0.717, 1.165) is 11.8 Å². The molecule has 3 rings (SSSR count). The summed E-state index contributed by atoms with van der Waals surface area (Å²) in [4.78, 5) is 0. The molecule has 1 aromatic rings. The Morgan fingerprint density at radius 2 is 1.05 bits per heavy atom. The van der Waals surface area contributed by atoms with E-state index in [1.807, 2.05) is 0 Å². The van der Waals surface area contributed by atoms with Gasteiger partial charge < -0.3 is 0 Å². The van der Waals surface area contributed by atoms with Crippen molar-refractivity contribution in [2.75, 3.05) is 0 Å². The van der Waals surface area contributed by atoms with Gasteiger partial charge in [0.1, 0.15) is 0 Å². The minimum Gasteiger partial charge on any atom is -0.0558 e. The van der Waals surface area contributed by atoms with Crippen LogP contribution in [0.2, 0.25) is 0 Å². The lowest BCUT2D eigenvalue weighted by atomic mass is 9.79. The van der Waals surface area contributed by atoms with Crippen molar-refractivity contribution in [3.8, 4) is 0 Å². The van der Waals surface area contributed by atoms with Gasteiger partial charge in [-0.15, -0.1) is 0 Å². The molecule has 0 nitrogen and oxygen atoms in total. The SMILES string of the molecule is Cc1cc(C2CCCCC2)cc(C2CCCCC2)c1. The van der Waals surface area contributed by atoms with E-state index in [1.165, 1.54) is 69.8 Å². The predicted octanol–water partition coefficient (Wildman–Crippen LogP) is 6.09. The normalized spacial score (nSPS) is 22.6. The molecular formula is C19H28. The van der Waals surface area contributed by atoms with Gasteiger partial charge in [0, 0.05) is 0 Å². The summed E-state index contributed by atoms with van der Waals surface area (Å²) in [5, 5.41) is 0. The smallest absolute Gasteiger partial charge is 0.0162 e. The van der Waals surface area contributed by atoms with Gasteiger partial charge in [0.25, 0.3) is 0 Å². The molecule has 0 N–H and O–H groups in total. The fourth-order valence-corrected chi connectivity index (χ4v) is 4.19. The van der Waals surface area contributed by atoms with Crippen molar-refractivity contribution >= 4 is 0 Å². The van der Waals surface area contributed by atoms with Crippen LogP contribution in [0, 0.1) is 6.92 Å². The molecule has 0 saturated heterocycles. The minimum absolute atomic E-state index is 0.857. The van der Waals surface area contributed by atoms with Crippen LogP contribution in [0.25, 0.3) is 0 Å². The van der Waals surface area contributed by atoms with Gasteiger partial charge in [0.05, 0.1) is 0 Å². The second-order valence-electron chi connectivity index (χ2n) is 6.85. The summed E-state index contributed by atoms with van der Waals surface area (Å²) in [7, 11) is 0. The minimum atomic E-state index is 0.857. The third-order valence-electron chi connectivity index (χ3n) is 5.28. The maximum absolute atomic E-state index is 2.57. The average molecular weight is 256 g/mol. The first kappa shape index (κ1) is 13.2. The summed E-state index contributed by atoms with van der Waals surface area (Å²) in [6.45, 7) is 2.29. The lowest BCUT2D eigenvalue weighted by Gasteiger charge is -2.26. The van der Waals surface area contributed by atoms with Crippen LogP contribution >= 0.6 is 0 Å². The highest BCUT2D eigenvalue weighted by Crippen LogP contribution is 2.37. The molecule has 0 heteroatoms. The van der Waals surface area contributed by atoms with E-state index >= 15 is 0 Å². The third-order valence-corrected chi connectivity index (χ3v) is 5.28. The monoisotopic (exact) mass is 256 g/mol. The maximum Gasteiger partial charge on any atom is -0.0162 e. The lowest BCUT2D eigenvalue weighted by molar-refractivity contribution is 0.435. The van der Waals surface area contributed by atoms with E-state index in [1.54, 1.807) is 11.1 Å². The molecular weight excluding hydrogens is 228 g/mol. The van der Waals surface area contributed by atoms with E-state index in [-0.39, 0.29) is 0 Å².